The number of pyridine rings is 2. The lowest BCUT2D eigenvalue weighted by Crippen LogP contribution is -2.30. The third kappa shape index (κ3) is 6.61. The highest BCUT2D eigenvalue weighted by atomic mass is 32.2. The Hall–Kier alpha value is -3.97. The maximum atomic E-state index is 13.1. The molecule has 3 heterocycles. The molecule has 9 nitrogen and oxygen atoms in total. The summed E-state index contributed by atoms with van der Waals surface area (Å²) >= 11 is 0. The van der Waals surface area contributed by atoms with E-state index < -0.39 is 44.6 Å². The second kappa shape index (κ2) is 11.7. The molecule has 0 N–H and O–H groups in total. The first-order valence-corrected chi connectivity index (χ1v) is 16.0. The lowest BCUT2D eigenvalue weighted by Gasteiger charge is -2.31. The summed E-state index contributed by atoms with van der Waals surface area (Å²) in [5.74, 6) is -0.503. The van der Waals surface area contributed by atoms with Crippen LogP contribution in [0.15, 0.2) is 42.6 Å². The van der Waals surface area contributed by atoms with Crippen molar-refractivity contribution in [1.82, 2.24) is 9.97 Å². The van der Waals surface area contributed by atoms with Gasteiger partial charge in [0, 0.05) is 35.0 Å². The summed E-state index contributed by atoms with van der Waals surface area (Å²) in [6, 6.07) is 9.72. The van der Waals surface area contributed by atoms with Crippen molar-refractivity contribution in [2.45, 2.75) is 72.1 Å². The van der Waals surface area contributed by atoms with Crippen LogP contribution in [0, 0.1) is 12.3 Å². The highest BCUT2D eigenvalue weighted by Crippen LogP contribution is 2.45. The van der Waals surface area contributed by atoms with Crippen LogP contribution in [0.1, 0.15) is 64.3 Å². The molecular formula is C33H35F3N2O7S. The van der Waals surface area contributed by atoms with Crippen LogP contribution < -0.4 is 8.92 Å². The molecule has 0 bridgehead atoms. The number of carbonyl (C=O) groups excluding carboxylic acids is 1. The van der Waals surface area contributed by atoms with Crippen molar-refractivity contribution in [2.75, 3.05) is 13.2 Å². The van der Waals surface area contributed by atoms with Crippen LogP contribution >= 0.6 is 0 Å². The van der Waals surface area contributed by atoms with Crippen LogP contribution in [0.25, 0.3) is 32.9 Å². The smallest absolute Gasteiger partial charge is 0.493 e. The first-order valence-electron chi connectivity index (χ1n) is 14.6. The van der Waals surface area contributed by atoms with Crippen molar-refractivity contribution in [3.63, 3.8) is 0 Å². The molecule has 0 fully saturated rings. The molecule has 4 aromatic rings. The van der Waals surface area contributed by atoms with Gasteiger partial charge in [-0.25, -0.2) is 4.98 Å². The fourth-order valence-corrected chi connectivity index (χ4v) is 5.80. The molecule has 1 aliphatic rings. The molecule has 0 aliphatic carbocycles. The normalized spacial score (nSPS) is 14.7. The third-order valence-corrected chi connectivity index (χ3v) is 8.29. The van der Waals surface area contributed by atoms with Gasteiger partial charge in [-0.15, -0.1) is 0 Å². The summed E-state index contributed by atoms with van der Waals surface area (Å²) in [4.78, 5) is 21.8. The predicted molar refractivity (Wildman–Crippen MR) is 166 cm³/mol. The number of carbonyl (C=O) groups is 1. The molecule has 2 aromatic carbocycles. The molecule has 0 radical (unpaired) electrons. The Balaban J connectivity index is 1.80. The summed E-state index contributed by atoms with van der Waals surface area (Å²) < 4.78 is 85.4. The first-order chi connectivity index (χ1) is 21.3. The van der Waals surface area contributed by atoms with E-state index in [4.69, 9.17) is 19.2 Å². The number of rotatable bonds is 7. The number of alkyl halides is 3. The predicted octanol–water partition coefficient (Wildman–Crippen LogP) is 7.37. The van der Waals surface area contributed by atoms with E-state index in [0.29, 0.717) is 51.9 Å². The summed E-state index contributed by atoms with van der Waals surface area (Å²) in [6.07, 6.45) is 1.58. The number of fused-ring (bicyclic) bond motifs is 1. The Bertz CT molecular complexity index is 1940. The zero-order valence-electron chi connectivity index (χ0n) is 26.5. The Morgan fingerprint density at radius 2 is 1.76 bits per heavy atom. The van der Waals surface area contributed by atoms with Crippen LogP contribution in [0.4, 0.5) is 13.2 Å². The van der Waals surface area contributed by atoms with Crippen LogP contribution in [-0.4, -0.2) is 48.7 Å². The number of benzene rings is 2. The second-order valence-electron chi connectivity index (χ2n) is 13.2. The second-order valence-corrected chi connectivity index (χ2v) is 14.7. The summed E-state index contributed by atoms with van der Waals surface area (Å²) in [5.41, 5.74) is -2.80. The van der Waals surface area contributed by atoms with Gasteiger partial charge in [0.1, 0.15) is 18.5 Å². The van der Waals surface area contributed by atoms with E-state index in [0.717, 1.165) is 17.0 Å². The average molecular weight is 661 g/mol. The Labute approximate surface area is 265 Å². The zero-order valence-corrected chi connectivity index (χ0v) is 27.4. The lowest BCUT2D eigenvalue weighted by atomic mass is 9.86. The molecule has 0 spiro atoms. The quantitative estimate of drug-likeness (QED) is 0.114. The van der Waals surface area contributed by atoms with Gasteiger partial charge in [-0.05, 0) is 101 Å². The van der Waals surface area contributed by atoms with Crippen LogP contribution in [0.3, 0.4) is 0 Å². The Kier molecular flexibility index (Phi) is 8.48. The van der Waals surface area contributed by atoms with Crippen molar-refractivity contribution in [3.05, 3.63) is 59.3 Å². The van der Waals surface area contributed by atoms with Crippen molar-refractivity contribution in [1.29, 1.82) is 0 Å². The third-order valence-electron chi connectivity index (χ3n) is 7.33. The molecule has 0 unspecified atom stereocenters. The maximum Gasteiger partial charge on any atom is 0.534 e. The molecule has 2 aromatic heterocycles. The number of hydrogen-bond donors (Lipinski definition) is 0. The molecule has 13 heteroatoms. The number of halogens is 3. The van der Waals surface area contributed by atoms with E-state index in [1.165, 1.54) is 6.07 Å². The minimum absolute atomic E-state index is 0.136. The minimum atomic E-state index is -5.95. The Morgan fingerprint density at radius 1 is 1.04 bits per heavy atom. The standard InChI is InChI=1S/C33H35F3N2O7S/c1-18-16-22-20(9-11-25(38-22)45-46(40,41)33(34,35)36)28(21-8-10-23-27-19(13-15-42-23)12-14-37-29(21)27)26(18)24(44-32(5,6)7)17-43-30(39)31(2,3)4/h8-12,14,16,24H,13,15,17H2,1-7H3/t24-/m1/s1. The van der Waals surface area contributed by atoms with Gasteiger partial charge in [0.2, 0.25) is 5.88 Å². The molecule has 0 saturated heterocycles. The highest BCUT2D eigenvalue weighted by molar-refractivity contribution is 7.87. The van der Waals surface area contributed by atoms with E-state index in [9.17, 15) is 26.4 Å². The molecule has 1 atom stereocenters. The van der Waals surface area contributed by atoms with Crippen molar-refractivity contribution >= 4 is 37.9 Å². The molecule has 246 valence electrons. The van der Waals surface area contributed by atoms with Crippen LogP contribution in [-0.2, 0) is 30.8 Å². The summed E-state index contributed by atoms with van der Waals surface area (Å²) in [6.45, 7) is 13.0. The molecule has 5 rings (SSSR count). The fourth-order valence-electron chi connectivity index (χ4n) is 5.39. The number of aromatic nitrogens is 2. The minimum Gasteiger partial charge on any atom is -0.493 e. The SMILES string of the molecule is Cc1cc2nc(OS(=O)(=O)C(F)(F)F)ccc2c(-c2ccc3c4c(ccnc24)CCO3)c1[C@@H](COC(=O)C(C)(C)C)OC(C)(C)C. The van der Waals surface area contributed by atoms with E-state index >= 15 is 0 Å². The number of esters is 1. The molecular weight excluding hydrogens is 625 g/mol. The van der Waals surface area contributed by atoms with E-state index in [-0.39, 0.29) is 12.1 Å². The van der Waals surface area contributed by atoms with E-state index in [2.05, 4.69) is 9.17 Å². The largest absolute Gasteiger partial charge is 0.534 e. The van der Waals surface area contributed by atoms with Gasteiger partial charge in [-0.1, -0.05) is 0 Å². The fraction of sp³-hybridized carbons (Fsp3) is 0.424. The summed E-state index contributed by atoms with van der Waals surface area (Å²) in [5, 5.41) is 1.28. The van der Waals surface area contributed by atoms with Gasteiger partial charge in [0.25, 0.3) is 0 Å². The zero-order chi connectivity index (χ0) is 33.8. The number of aryl methyl sites for hydroxylation is 1. The van der Waals surface area contributed by atoms with Gasteiger partial charge >= 0.3 is 21.6 Å². The van der Waals surface area contributed by atoms with Crippen molar-refractivity contribution in [2.24, 2.45) is 5.41 Å². The topological polar surface area (TPSA) is 114 Å². The van der Waals surface area contributed by atoms with Crippen molar-refractivity contribution < 1.29 is 44.8 Å². The Morgan fingerprint density at radius 3 is 2.41 bits per heavy atom. The molecule has 0 amide bonds. The monoisotopic (exact) mass is 660 g/mol. The number of hydrogen-bond acceptors (Lipinski definition) is 9. The van der Waals surface area contributed by atoms with Gasteiger partial charge in [0.15, 0.2) is 0 Å². The van der Waals surface area contributed by atoms with Gasteiger partial charge < -0.3 is 18.4 Å². The molecule has 1 aliphatic heterocycles. The first kappa shape index (κ1) is 33.4. The highest BCUT2D eigenvalue weighted by Gasteiger charge is 2.49. The van der Waals surface area contributed by atoms with Gasteiger partial charge in [0.05, 0.1) is 28.7 Å². The number of nitrogens with zero attached hydrogens (tertiary/aromatic N) is 2. The van der Waals surface area contributed by atoms with Crippen LogP contribution in [0.2, 0.25) is 0 Å². The molecule has 46 heavy (non-hydrogen) atoms. The van der Waals surface area contributed by atoms with E-state index in [1.807, 2.05) is 39.0 Å². The number of ether oxygens (including phenoxy) is 3. The lowest BCUT2D eigenvalue weighted by molar-refractivity contribution is -0.162. The van der Waals surface area contributed by atoms with Crippen LogP contribution in [0.5, 0.6) is 11.6 Å². The molecule has 0 saturated carbocycles. The van der Waals surface area contributed by atoms with E-state index in [1.54, 1.807) is 40.0 Å². The average Bonchev–Trinajstić information content (AvgIpc) is 2.93. The van der Waals surface area contributed by atoms with Gasteiger partial charge in [-0.2, -0.15) is 21.6 Å². The van der Waals surface area contributed by atoms with Gasteiger partial charge in [-0.3, -0.25) is 9.78 Å². The summed E-state index contributed by atoms with van der Waals surface area (Å²) in [7, 11) is -5.95. The maximum absolute atomic E-state index is 13.1. The van der Waals surface area contributed by atoms with Crippen molar-refractivity contribution in [3.8, 4) is 22.8 Å².